The molecule has 146 valence electrons. The molecule has 0 saturated carbocycles. The van der Waals surface area contributed by atoms with Gasteiger partial charge in [-0.25, -0.2) is 4.79 Å². The summed E-state index contributed by atoms with van der Waals surface area (Å²) in [7, 11) is -4.26. The summed E-state index contributed by atoms with van der Waals surface area (Å²) in [5.41, 5.74) is -5.95. The van der Waals surface area contributed by atoms with Crippen LogP contribution in [0.5, 0.6) is 0 Å². The normalized spacial score (nSPS) is 13.5. The van der Waals surface area contributed by atoms with Gasteiger partial charge in [0.15, 0.2) is 0 Å². The molecule has 1 N–H and O–H groups in total. The van der Waals surface area contributed by atoms with Crippen LogP contribution >= 0.6 is 11.6 Å². The first kappa shape index (κ1) is 22.6. The zero-order valence-corrected chi connectivity index (χ0v) is 14.4. The minimum Gasteiger partial charge on any atom is -0.435 e. The second-order valence-corrected chi connectivity index (χ2v) is 6.97. The number of halogens is 7. The molecule has 0 spiro atoms. The molecule has 0 radical (unpaired) electrons. The third kappa shape index (κ3) is 4.83. The van der Waals surface area contributed by atoms with Gasteiger partial charge in [-0.3, -0.25) is 4.55 Å². The summed E-state index contributed by atoms with van der Waals surface area (Å²) in [6.45, 7) is 0. The molecule has 0 aliphatic rings. The lowest BCUT2D eigenvalue weighted by Crippen LogP contribution is -2.63. The summed E-state index contributed by atoms with van der Waals surface area (Å²) in [5.74, 6) is -5.10. The van der Waals surface area contributed by atoms with Gasteiger partial charge in [0.2, 0.25) is 0 Å². The van der Waals surface area contributed by atoms with Gasteiger partial charge in [-0.1, -0.05) is 29.6 Å². The molecule has 1 aromatic rings. The van der Waals surface area contributed by atoms with Crippen molar-refractivity contribution in [2.24, 2.45) is 0 Å². The van der Waals surface area contributed by atoms with Gasteiger partial charge in [0.25, 0.3) is 10.1 Å². The number of benzene rings is 1. The highest BCUT2D eigenvalue weighted by molar-refractivity contribution is 7.85. The second kappa shape index (κ2) is 7.27. The number of hydrogen-bond donors (Lipinski definition) is 1. The Labute approximate surface area is 149 Å². The minimum atomic E-state index is -6.40. The highest BCUT2D eigenvalue weighted by Gasteiger charge is 2.76. The molecule has 0 amide bonds. The Morgan fingerprint density at radius 3 is 2.04 bits per heavy atom. The van der Waals surface area contributed by atoms with E-state index in [1.54, 1.807) is 7.85 Å². The first-order valence-corrected chi connectivity index (χ1v) is 8.63. The maximum atomic E-state index is 13.1. The van der Waals surface area contributed by atoms with Crippen LogP contribution in [-0.4, -0.2) is 50.5 Å². The molecule has 0 aliphatic heterocycles. The van der Waals surface area contributed by atoms with Gasteiger partial charge in [-0.15, -0.1) is 0 Å². The fourth-order valence-electron chi connectivity index (χ4n) is 1.89. The van der Waals surface area contributed by atoms with Gasteiger partial charge in [0, 0.05) is 0 Å². The molecule has 1 aromatic carbocycles. The molecule has 0 aromatic heterocycles. The zero-order valence-electron chi connectivity index (χ0n) is 12.8. The molecule has 0 saturated heterocycles. The first-order valence-electron chi connectivity index (χ1n) is 6.64. The number of carbonyl (C=O) groups excluding carboxylic acids is 1. The van der Waals surface area contributed by atoms with Crippen molar-refractivity contribution in [2.45, 2.75) is 24.3 Å². The summed E-state index contributed by atoms with van der Waals surface area (Å²) in [6, 6.07) is 3.34. The Balaban J connectivity index is 3.53. The van der Waals surface area contributed by atoms with Crippen LogP contribution < -0.4 is 0 Å². The molecule has 0 atom stereocenters. The molecule has 0 fully saturated rings. The summed E-state index contributed by atoms with van der Waals surface area (Å²) in [6.07, 6.45) is -12.5. The number of alkyl halides is 6. The third-order valence-corrected chi connectivity index (χ3v) is 4.33. The number of esters is 1. The quantitative estimate of drug-likeness (QED) is 0.338. The summed E-state index contributed by atoms with van der Waals surface area (Å²) >= 11 is 5.61. The topological polar surface area (TPSA) is 80.7 Å². The molecule has 0 heterocycles. The highest BCUT2D eigenvalue weighted by atomic mass is 35.5. The average molecular weight is 427 g/mol. The number of rotatable bonds is 5. The maximum Gasteiger partial charge on any atom is 0.438 e. The smallest absolute Gasteiger partial charge is 0.435 e. The van der Waals surface area contributed by atoms with Crippen LogP contribution in [0.15, 0.2) is 18.2 Å². The van der Waals surface area contributed by atoms with Crippen molar-refractivity contribution in [3.05, 3.63) is 34.3 Å². The van der Waals surface area contributed by atoms with Crippen LogP contribution in [0.25, 0.3) is 0 Å². The van der Waals surface area contributed by atoms with Gasteiger partial charge < -0.3 is 4.74 Å². The van der Waals surface area contributed by atoms with E-state index >= 15 is 0 Å². The zero-order chi connectivity index (χ0) is 20.6. The summed E-state index contributed by atoms with van der Waals surface area (Å²) in [4.78, 5) is 11.9. The van der Waals surface area contributed by atoms with E-state index in [9.17, 15) is 39.6 Å². The van der Waals surface area contributed by atoms with Crippen molar-refractivity contribution in [3.8, 4) is 0 Å². The molecule has 0 bridgehead atoms. The van der Waals surface area contributed by atoms with Gasteiger partial charge in [-0.2, -0.15) is 34.8 Å². The molecular formula is C12H10BClF6O5S. The highest BCUT2D eigenvalue weighted by Crippen LogP contribution is 2.47. The van der Waals surface area contributed by atoms with Gasteiger partial charge in [0.05, 0.1) is 10.6 Å². The van der Waals surface area contributed by atoms with Crippen molar-refractivity contribution < 1.29 is 48.8 Å². The molecular weight excluding hydrogens is 416 g/mol. The summed E-state index contributed by atoms with van der Waals surface area (Å²) in [5, 5.41) is -0.502. The molecule has 14 heteroatoms. The lowest BCUT2D eigenvalue weighted by atomic mass is 9.95. The van der Waals surface area contributed by atoms with Crippen LogP contribution in [0, 0.1) is 0 Å². The summed E-state index contributed by atoms with van der Waals surface area (Å²) < 4.78 is 112. The monoisotopic (exact) mass is 426 g/mol. The number of carbonyl (C=O) groups is 1. The SMILES string of the molecule is BCc1ccc(Cl)c(C(=O)OC(CS(=O)(=O)O)(C(F)(F)F)C(F)(F)F)c1. The van der Waals surface area contributed by atoms with Crippen LogP contribution in [0.3, 0.4) is 0 Å². The second-order valence-electron chi connectivity index (χ2n) is 5.11. The van der Waals surface area contributed by atoms with E-state index in [0.717, 1.165) is 12.1 Å². The van der Waals surface area contributed by atoms with Crippen molar-refractivity contribution in [2.75, 3.05) is 5.75 Å². The van der Waals surface area contributed by atoms with Gasteiger partial charge in [-0.05, 0) is 12.1 Å². The third-order valence-electron chi connectivity index (χ3n) is 3.23. The van der Waals surface area contributed by atoms with Crippen molar-refractivity contribution in [1.29, 1.82) is 0 Å². The first-order chi connectivity index (χ1) is 11.5. The Morgan fingerprint density at radius 1 is 1.15 bits per heavy atom. The predicted octanol–water partition coefficient (Wildman–Crippen LogP) is 2.38. The Hall–Kier alpha value is -1.47. The molecule has 0 aliphatic carbocycles. The van der Waals surface area contributed by atoms with E-state index < -0.39 is 50.4 Å². The largest absolute Gasteiger partial charge is 0.438 e. The van der Waals surface area contributed by atoms with E-state index in [0.29, 0.717) is 5.56 Å². The number of ether oxygens (including phenoxy) is 1. The van der Waals surface area contributed by atoms with Crippen molar-refractivity contribution >= 4 is 35.5 Å². The van der Waals surface area contributed by atoms with Crippen LogP contribution in [0.4, 0.5) is 26.3 Å². The average Bonchev–Trinajstić information content (AvgIpc) is 2.43. The van der Waals surface area contributed by atoms with Crippen molar-refractivity contribution in [1.82, 2.24) is 0 Å². The Bertz CT molecular complexity index is 778. The van der Waals surface area contributed by atoms with Crippen LogP contribution in [-0.2, 0) is 21.2 Å². The minimum absolute atomic E-state index is 0.270. The Kier molecular flexibility index (Phi) is 6.32. The van der Waals surface area contributed by atoms with E-state index in [1.165, 1.54) is 6.07 Å². The maximum absolute atomic E-state index is 13.1. The fourth-order valence-corrected chi connectivity index (χ4v) is 2.98. The fraction of sp³-hybridized carbons (Fsp3) is 0.417. The van der Waals surface area contributed by atoms with E-state index in [1.807, 2.05) is 0 Å². The van der Waals surface area contributed by atoms with E-state index in [2.05, 4.69) is 4.74 Å². The number of hydrogen-bond acceptors (Lipinski definition) is 4. The molecule has 0 unspecified atom stereocenters. The lowest BCUT2D eigenvalue weighted by molar-refractivity contribution is -0.356. The standard InChI is InChI=1S/C12H10BClF6O5S/c13-4-6-1-2-8(14)7(3-6)9(21)25-10(11(15,16)17,12(18,19)20)5-26(22,23)24/h1-3H,4-5,13H2,(H,22,23,24). The van der Waals surface area contributed by atoms with Crippen molar-refractivity contribution in [3.63, 3.8) is 0 Å². The van der Waals surface area contributed by atoms with E-state index in [4.69, 9.17) is 16.2 Å². The van der Waals surface area contributed by atoms with Gasteiger partial charge >= 0.3 is 23.9 Å². The lowest BCUT2D eigenvalue weighted by Gasteiger charge is -2.35. The van der Waals surface area contributed by atoms with Crippen LogP contribution in [0.2, 0.25) is 5.02 Å². The molecule has 26 heavy (non-hydrogen) atoms. The molecule has 1 rings (SSSR count). The van der Waals surface area contributed by atoms with Crippen LogP contribution in [0.1, 0.15) is 15.9 Å². The van der Waals surface area contributed by atoms with Gasteiger partial charge in [0.1, 0.15) is 13.6 Å². The predicted molar refractivity (Wildman–Crippen MR) is 80.4 cm³/mol. The molecule has 5 nitrogen and oxygen atoms in total. The Morgan fingerprint density at radius 2 is 1.65 bits per heavy atom. The van der Waals surface area contributed by atoms with E-state index in [-0.39, 0.29) is 6.32 Å².